The molecule has 1 fully saturated rings. The Kier molecular flexibility index (Phi) is 9.92. The highest BCUT2D eigenvalue weighted by atomic mass is 32.1. The van der Waals surface area contributed by atoms with Crippen LogP contribution in [0.15, 0.2) is 41.8 Å². The molecule has 1 N–H and O–H groups in total. The van der Waals surface area contributed by atoms with Gasteiger partial charge in [0.25, 0.3) is 0 Å². The SMILES string of the molecule is CCCCOC(=O)c1sccc1OCC(O)CN1CCC(C(=O)OCC)(c2ccccc2)CC1. The Hall–Kier alpha value is -2.42. The number of likely N-dealkylation sites (tertiary alicyclic amines) is 1. The average molecular weight is 490 g/mol. The largest absolute Gasteiger partial charge is 0.489 e. The summed E-state index contributed by atoms with van der Waals surface area (Å²) in [5.74, 6) is -0.129. The molecule has 1 saturated heterocycles. The number of carbonyl (C=O) groups is 2. The second kappa shape index (κ2) is 12.9. The molecule has 0 radical (unpaired) electrons. The van der Waals surface area contributed by atoms with Crippen molar-refractivity contribution in [2.24, 2.45) is 0 Å². The number of ether oxygens (including phenoxy) is 3. The van der Waals surface area contributed by atoms with E-state index in [1.54, 1.807) is 11.4 Å². The standard InChI is InChI=1S/C26H35NO6S/c1-3-5-16-32-24(29)23-22(11-17-34-23)33-19-21(28)18-27-14-12-26(13-15-27,25(30)31-4-2)20-9-7-6-8-10-20/h6-11,17,21,28H,3-5,12-16,18-19H2,1-2H3. The van der Waals surface area contributed by atoms with Crippen LogP contribution in [0.2, 0.25) is 0 Å². The van der Waals surface area contributed by atoms with Crippen molar-refractivity contribution in [2.75, 3.05) is 39.5 Å². The zero-order valence-corrected chi connectivity index (χ0v) is 20.9. The van der Waals surface area contributed by atoms with Gasteiger partial charge in [0.05, 0.1) is 18.6 Å². The lowest BCUT2D eigenvalue weighted by molar-refractivity contribution is -0.152. The number of aliphatic hydroxyl groups is 1. The van der Waals surface area contributed by atoms with Gasteiger partial charge in [-0.05, 0) is 56.3 Å². The number of piperidine rings is 1. The van der Waals surface area contributed by atoms with Crippen molar-refractivity contribution in [3.63, 3.8) is 0 Å². The van der Waals surface area contributed by atoms with Gasteiger partial charge in [-0.1, -0.05) is 43.7 Å². The number of thiophene rings is 1. The Morgan fingerprint density at radius 1 is 1.12 bits per heavy atom. The second-order valence-electron chi connectivity index (χ2n) is 8.54. The summed E-state index contributed by atoms with van der Waals surface area (Å²) >= 11 is 1.27. The molecule has 1 aromatic carbocycles. The molecule has 0 aliphatic carbocycles. The molecule has 1 aromatic heterocycles. The van der Waals surface area contributed by atoms with Crippen LogP contribution in [0.4, 0.5) is 0 Å². The molecule has 0 amide bonds. The van der Waals surface area contributed by atoms with Crippen LogP contribution in [0.1, 0.15) is 54.8 Å². The van der Waals surface area contributed by atoms with Crippen LogP contribution in [0.25, 0.3) is 0 Å². The highest BCUT2D eigenvalue weighted by Crippen LogP contribution is 2.37. The summed E-state index contributed by atoms with van der Waals surface area (Å²) in [5.41, 5.74) is 0.326. The molecule has 0 spiro atoms. The van der Waals surface area contributed by atoms with Crippen molar-refractivity contribution in [3.05, 3.63) is 52.2 Å². The van der Waals surface area contributed by atoms with Gasteiger partial charge in [0.1, 0.15) is 18.5 Å². The fourth-order valence-electron chi connectivity index (χ4n) is 4.23. The van der Waals surface area contributed by atoms with Gasteiger partial charge in [0.2, 0.25) is 0 Å². The van der Waals surface area contributed by atoms with Gasteiger partial charge in [-0.25, -0.2) is 4.79 Å². The van der Waals surface area contributed by atoms with E-state index in [-0.39, 0.29) is 18.5 Å². The van der Waals surface area contributed by atoms with E-state index in [1.807, 2.05) is 44.2 Å². The van der Waals surface area contributed by atoms with Crippen molar-refractivity contribution in [1.29, 1.82) is 0 Å². The van der Waals surface area contributed by atoms with Crippen molar-refractivity contribution >= 4 is 23.3 Å². The normalized spacial score (nSPS) is 16.6. The molecule has 2 heterocycles. The van der Waals surface area contributed by atoms with Crippen molar-refractivity contribution in [2.45, 2.75) is 51.0 Å². The maximum atomic E-state index is 12.9. The van der Waals surface area contributed by atoms with E-state index in [4.69, 9.17) is 14.2 Å². The molecule has 1 aliphatic rings. The maximum Gasteiger partial charge on any atom is 0.352 e. The Balaban J connectivity index is 1.52. The molecular formula is C26H35NO6S. The third-order valence-electron chi connectivity index (χ3n) is 6.15. The zero-order chi connectivity index (χ0) is 24.4. The van der Waals surface area contributed by atoms with Crippen LogP contribution in [0.3, 0.4) is 0 Å². The van der Waals surface area contributed by atoms with E-state index in [0.717, 1.165) is 18.4 Å². The minimum Gasteiger partial charge on any atom is -0.489 e. The number of β-amino-alcohol motifs (C(OH)–C–C–N with tert-alkyl or cyclic N) is 1. The van der Waals surface area contributed by atoms with Gasteiger partial charge in [-0.2, -0.15) is 0 Å². The van der Waals surface area contributed by atoms with Gasteiger partial charge >= 0.3 is 11.9 Å². The zero-order valence-electron chi connectivity index (χ0n) is 20.0. The van der Waals surface area contributed by atoms with Crippen molar-refractivity contribution in [3.8, 4) is 5.75 Å². The van der Waals surface area contributed by atoms with Gasteiger partial charge in [0, 0.05) is 6.54 Å². The predicted molar refractivity (Wildman–Crippen MR) is 131 cm³/mol. The van der Waals surface area contributed by atoms with E-state index in [1.165, 1.54) is 11.3 Å². The second-order valence-corrected chi connectivity index (χ2v) is 9.45. The first-order valence-corrected chi connectivity index (χ1v) is 12.9. The Bertz CT molecular complexity index is 907. The molecular weight excluding hydrogens is 454 g/mol. The van der Waals surface area contributed by atoms with Gasteiger partial charge < -0.3 is 24.2 Å². The van der Waals surface area contributed by atoms with Crippen LogP contribution in [-0.4, -0.2) is 67.5 Å². The monoisotopic (exact) mass is 489 g/mol. The highest BCUT2D eigenvalue weighted by molar-refractivity contribution is 7.12. The van der Waals surface area contributed by atoms with Gasteiger partial charge in [0.15, 0.2) is 4.88 Å². The molecule has 0 saturated carbocycles. The fraction of sp³-hybridized carbons (Fsp3) is 0.538. The van der Waals surface area contributed by atoms with Gasteiger partial charge in [-0.3, -0.25) is 4.79 Å². The van der Waals surface area contributed by atoms with Crippen molar-refractivity contribution < 1.29 is 28.9 Å². The average Bonchev–Trinajstić information content (AvgIpc) is 3.33. The smallest absolute Gasteiger partial charge is 0.352 e. The minimum atomic E-state index is -0.726. The number of aliphatic hydroxyl groups excluding tert-OH is 1. The molecule has 186 valence electrons. The summed E-state index contributed by atoms with van der Waals surface area (Å²) in [6, 6.07) is 11.5. The number of esters is 2. The summed E-state index contributed by atoms with van der Waals surface area (Å²) < 4.78 is 16.5. The van der Waals surface area contributed by atoms with Crippen LogP contribution in [0, 0.1) is 0 Å². The summed E-state index contributed by atoms with van der Waals surface area (Å²) in [6.07, 6.45) is 2.30. The molecule has 2 aromatic rings. The number of hydrogen-bond acceptors (Lipinski definition) is 8. The number of rotatable bonds is 12. The molecule has 7 nitrogen and oxygen atoms in total. The molecule has 3 rings (SSSR count). The Morgan fingerprint density at radius 3 is 2.53 bits per heavy atom. The molecule has 34 heavy (non-hydrogen) atoms. The van der Waals surface area contributed by atoms with Crippen LogP contribution in [0.5, 0.6) is 5.75 Å². The molecule has 8 heteroatoms. The van der Waals surface area contributed by atoms with Crippen LogP contribution in [-0.2, 0) is 19.7 Å². The maximum absolute atomic E-state index is 12.9. The van der Waals surface area contributed by atoms with Crippen LogP contribution < -0.4 is 4.74 Å². The molecule has 0 bridgehead atoms. The summed E-state index contributed by atoms with van der Waals surface area (Å²) in [4.78, 5) is 27.7. The summed E-state index contributed by atoms with van der Waals surface area (Å²) in [6.45, 7) is 6.43. The number of nitrogens with zero attached hydrogens (tertiary/aromatic N) is 1. The number of hydrogen-bond donors (Lipinski definition) is 1. The van der Waals surface area contributed by atoms with E-state index in [2.05, 4.69) is 4.90 Å². The van der Waals surface area contributed by atoms with E-state index in [0.29, 0.717) is 56.3 Å². The fourth-order valence-corrected chi connectivity index (χ4v) is 4.95. The quantitative estimate of drug-likeness (QED) is 0.356. The molecule has 1 atom stereocenters. The number of unbranched alkanes of at least 4 members (excludes halogenated alkanes) is 1. The predicted octanol–water partition coefficient (Wildman–Crippen LogP) is 4.04. The lowest BCUT2D eigenvalue weighted by Gasteiger charge is -2.40. The Morgan fingerprint density at radius 2 is 1.85 bits per heavy atom. The lowest BCUT2D eigenvalue weighted by atomic mass is 9.72. The molecule has 1 unspecified atom stereocenters. The first kappa shape index (κ1) is 26.2. The Labute approximate surface area is 205 Å². The van der Waals surface area contributed by atoms with Crippen molar-refractivity contribution in [1.82, 2.24) is 4.90 Å². The van der Waals surface area contributed by atoms with Gasteiger partial charge in [-0.15, -0.1) is 11.3 Å². The highest BCUT2D eigenvalue weighted by Gasteiger charge is 2.44. The van der Waals surface area contributed by atoms with E-state index in [9.17, 15) is 14.7 Å². The lowest BCUT2D eigenvalue weighted by Crippen LogP contribution is -2.50. The summed E-state index contributed by atoms with van der Waals surface area (Å²) in [5, 5.41) is 12.4. The minimum absolute atomic E-state index is 0.0736. The third-order valence-corrected chi connectivity index (χ3v) is 7.02. The molecule has 1 aliphatic heterocycles. The van der Waals surface area contributed by atoms with Crippen LogP contribution >= 0.6 is 11.3 Å². The number of benzene rings is 1. The number of carbonyl (C=O) groups excluding carboxylic acids is 2. The third kappa shape index (κ3) is 6.58. The van der Waals surface area contributed by atoms with E-state index < -0.39 is 11.5 Å². The first-order chi connectivity index (χ1) is 16.5. The summed E-state index contributed by atoms with van der Waals surface area (Å²) in [7, 11) is 0. The van der Waals surface area contributed by atoms with E-state index >= 15 is 0 Å². The first-order valence-electron chi connectivity index (χ1n) is 12.0. The topological polar surface area (TPSA) is 85.3 Å².